The first-order chi connectivity index (χ1) is 9.15. The van der Waals surface area contributed by atoms with Crippen LogP contribution in [-0.2, 0) is 22.6 Å². The first kappa shape index (κ1) is 12.0. The Morgan fingerprint density at radius 1 is 1.32 bits per heavy atom. The molecule has 0 atom stereocenters. The number of hydrogen-bond acceptors (Lipinski definition) is 2. The number of rotatable bonds is 2. The van der Waals surface area contributed by atoms with E-state index < -0.39 is 0 Å². The van der Waals surface area contributed by atoms with Crippen LogP contribution in [0.1, 0.15) is 24.6 Å². The number of aromatic amines is 1. The Morgan fingerprint density at radius 3 is 2.89 bits per heavy atom. The number of nitrogens with zero attached hydrogens (tertiary/aromatic N) is 1. The molecular weight excluding hydrogens is 240 g/mol. The number of nitrogens with one attached hydrogen (secondary N) is 1. The molecule has 1 aliphatic rings. The fourth-order valence-electron chi connectivity index (χ4n) is 2.70. The number of Topliss-reactive ketones (excluding diaryl/α,β-unsaturated/α-hetero) is 1. The summed E-state index contributed by atoms with van der Waals surface area (Å²) in [6.07, 6.45) is 0.839. The molecule has 0 radical (unpaired) electrons. The number of carbonyl (C=O) groups excluding carboxylic acids is 2. The van der Waals surface area contributed by atoms with Gasteiger partial charge in [-0.05, 0) is 13.0 Å². The van der Waals surface area contributed by atoms with Gasteiger partial charge in [-0.3, -0.25) is 9.59 Å². The number of benzene rings is 1. The lowest BCUT2D eigenvalue weighted by atomic mass is 10.0. The van der Waals surface area contributed by atoms with Gasteiger partial charge in [0.1, 0.15) is 5.78 Å². The third kappa shape index (κ3) is 2.14. The van der Waals surface area contributed by atoms with E-state index >= 15 is 0 Å². The molecule has 0 saturated heterocycles. The quantitative estimate of drug-likeness (QED) is 0.836. The summed E-state index contributed by atoms with van der Waals surface area (Å²) in [7, 11) is 0. The van der Waals surface area contributed by atoms with E-state index in [1.807, 2.05) is 12.1 Å². The smallest absolute Gasteiger partial charge is 0.230 e. The third-order valence-electron chi connectivity index (χ3n) is 3.64. The van der Waals surface area contributed by atoms with Crippen molar-refractivity contribution in [1.29, 1.82) is 0 Å². The van der Waals surface area contributed by atoms with E-state index in [1.54, 1.807) is 4.90 Å². The van der Waals surface area contributed by atoms with E-state index in [0.29, 0.717) is 13.1 Å². The molecule has 19 heavy (non-hydrogen) atoms. The summed E-state index contributed by atoms with van der Waals surface area (Å²) in [6.45, 7) is 2.75. The molecule has 1 aromatic heterocycles. The summed E-state index contributed by atoms with van der Waals surface area (Å²) < 4.78 is 0. The number of carbonyl (C=O) groups is 2. The van der Waals surface area contributed by atoms with Crippen LogP contribution in [0.5, 0.6) is 0 Å². The molecule has 1 aliphatic heterocycles. The molecule has 1 aromatic carbocycles. The molecule has 1 amide bonds. The topological polar surface area (TPSA) is 53.2 Å². The zero-order valence-electron chi connectivity index (χ0n) is 10.9. The number of amides is 1. The standard InChI is InChI=1S/C15H16N2O2/c1-10(18)8-15(19)17-7-6-14-12(9-17)11-4-2-3-5-13(11)16-14/h2-5,16H,6-9H2,1H3. The van der Waals surface area contributed by atoms with Crippen LogP contribution in [0.15, 0.2) is 24.3 Å². The molecule has 0 saturated carbocycles. The summed E-state index contributed by atoms with van der Waals surface area (Å²) in [5.74, 6) is -0.141. The van der Waals surface area contributed by atoms with Crippen molar-refractivity contribution < 1.29 is 9.59 Å². The predicted octanol–water partition coefficient (Wildman–Crippen LogP) is 2.03. The van der Waals surface area contributed by atoms with Gasteiger partial charge in [0.05, 0.1) is 6.42 Å². The van der Waals surface area contributed by atoms with Crippen molar-refractivity contribution in [2.75, 3.05) is 6.54 Å². The Balaban J connectivity index is 1.90. The summed E-state index contributed by atoms with van der Waals surface area (Å²) >= 11 is 0. The van der Waals surface area contributed by atoms with Crippen LogP contribution in [0.4, 0.5) is 0 Å². The van der Waals surface area contributed by atoms with Gasteiger partial charge in [0.2, 0.25) is 5.91 Å². The average Bonchev–Trinajstić information content (AvgIpc) is 2.75. The molecule has 3 rings (SSSR count). The normalized spacial score (nSPS) is 14.5. The van der Waals surface area contributed by atoms with Crippen molar-refractivity contribution >= 4 is 22.6 Å². The van der Waals surface area contributed by atoms with Crippen LogP contribution in [0.2, 0.25) is 0 Å². The molecule has 0 spiro atoms. The summed E-state index contributed by atoms with van der Waals surface area (Å²) in [4.78, 5) is 28.2. The maximum absolute atomic E-state index is 12.0. The molecule has 98 valence electrons. The van der Waals surface area contributed by atoms with Crippen molar-refractivity contribution in [3.8, 4) is 0 Å². The van der Waals surface area contributed by atoms with E-state index in [0.717, 1.165) is 11.9 Å². The first-order valence-corrected chi connectivity index (χ1v) is 6.51. The zero-order valence-corrected chi connectivity index (χ0v) is 10.9. The van der Waals surface area contributed by atoms with Crippen molar-refractivity contribution in [3.05, 3.63) is 35.5 Å². The Hall–Kier alpha value is -2.10. The van der Waals surface area contributed by atoms with Gasteiger partial charge in [-0.2, -0.15) is 0 Å². The summed E-state index contributed by atoms with van der Waals surface area (Å²) in [5, 5.41) is 1.18. The second kappa shape index (κ2) is 4.53. The summed E-state index contributed by atoms with van der Waals surface area (Å²) in [5.41, 5.74) is 3.53. The van der Waals surface area contributed by atoms with Crippen molar-refractivity contribution in [1.82, 2.24) is 9.88 Å². The molecule has 0 unspecified atom stereocenters. The van der Waals surface area contributed by atoms with Crippen LogP contribution >= 0.6 is 0 Å². The van der Waals surface area contributed by atoms with E-state index in [9.17, 15) is 9.59 Å². The van der Waals surface area contributed by atoms with E-state index in [1.165, 1.54) is 23.6 Å². The van der Waals surface area contributed by atoms with Gasteiger partial charge in [-0.25, -0.2) is 0 Å². The van der Waals surface area contributed by atoms with E-state index in [2.05, 4.69) is 17.1 Å². The monoisotopic (exact) mass is 256 g/mol. The fourth-order valence-corrected chi connectivity index (χ4v) is 2.70. The first-order valence-electron chi connectivity index (χ1n) is 6.51. The molecule has 4 nitrogen and oxygen atoms in total. The van der Waals surface area contributed by atoms with Crippen LogP contribution in [0.25, 0.3) is 10.9 Å². The second-order valence-electron chi connectivity index (χ2n) is 5.07. The maximum Gasteiger partial charge on any atom is 0.230 e. The van der Waals surface area contributed by atoms with Crippen molar-refractivity contribution in [2.45, 2.75) is 26.3 Å². The third-order valence-corrected chi connectivity index (χ3v) is 3.64. The minimum absolute atomic E-state index is 0.0116. The van der Waals surface area contributed by atoms with Gasteiger partial charge >= 0.3 is 0 Å². The van der Waals surface area contributed by atoms with Crippen LogP contribution in [-0.4, -0.2) is 28.1 Å². The van der Waals surface area contributed by atoms with Gasteiger partial charge in [0.15, 0.2) is 0 Å². The number of ketones is 1. The zero-order chi connectivity index (χ0) is 13.4. The Labute approximate surface area is 111 Å². The van der Waals surface area contributed by atoms with Gasteiger partial charge in [0, 0.05) is 41.7 Å². The lowest BCUT2D eigenvalue weighted by molar-refractivity contribution is -0.135. The van der Waals surface area contributed by atoms with Gasteiger partial charge in [0.25, 0.3) is 0 Å². The molecule has 0 bridgehead atoms. The molecular formula is C15H16N2O2. The van der Waals surface area contributed by atoms with Crippen molar-refractivity contribution in [2.24, 2.45) is 0 Å². The predicted molar refractivity (Wildman–Crippen MR) is 72.7 cm³/mol. The Kier molecular flexibility index (Phi) is 2.85. The lowest BCUT2D eigenvalue weighted by Gasteiger charge is -2.27. The number of hydrogen-bond donors (Lipinski definition) is 1. The van der Waals surface area contributed by atoms with Gasteiger partial charge < -0.3 is 9.88 Å². The molecule has 2 heterocycles. The van der Waals surface area contributed by atoms with E-state index in [4.69, 9.17) is 0 Å². The lowest BCUT2D eigenvalue weighted by Crippen LogP contribution is -2.36. The van der Waals surface area contributed by atoms with Crippen LogP contribution in [0.3, 0.4) is 0 Å². The Bertz CT molecular complexity index is 657. The molecule has 2 aromatic rings. The van der Waals surface area contributed by atoms with Crippen LogP contribution in [0, 0.1) is 0 Å². The van der Waals surface area contributed by atoms with E-state index in [-0.39, 0.29) is 18.1 Å². The highest BCUT2D eigenvalue weighted by Crippen LogP contribution is 2.27. The maximum atomic E-state index is 12.0. The minimum Gasteiger partial charge on any atom is -0.358 e. The number of aromatic nitrogens is 1. The number of para-hydroxylation sites is 1. The largest absolute Gasteiger partial charge is 0.358 e. The molecule has 0 aliphatic carbocycles. The van der Waals surface area contributed by atoms with Gasteiger partial charge in [-0.15, -0.1) is 0 Å². The fraction of sp³-hybridized carbons (Fsp3) is 0.333. The SMILES string of the molecule is CC(=O)CC(=O)N1CCc2[nH]c3ccccc3c2C1. The molecule has 1 N–H and O–H groups in total. The molecule has 0 fully saturated rings. The van der Waals surface area contributed by atoms with Crippen LogP contribution < -0.4 is 0 Å². The highest BCUT2D eigenvalue weighted by molar-refractivity contribution is 5.97. The van der Waals surface area contributed by atoms with Gasteiger partial charge in [-0.1, -0.05) is 18.2 Å². The number of H-pyrrole nitrogens is 1. The highest BCUT2D eigenvalue weighted by atomic mass is 16.2. The average molecular weight is 256 g/mol. The molecule has 4 heteroatoms. The number of fused-ring (bicyclic) bond motifs is 3. The minimum atomic E-state index is -0.0743. The Morgan fingerprint density at radius 2 is 2.11 bits per heavy atom. The highest BCUT2D eigenvalue weighted by Gasteiger charge is 2.24. The second-order valence-corrected chi connectivity index (χ2v) is 5.07. The summed E-state index contributed by atoms with van der Waals surface area (Å²) in [6, 6.07) is 8.13. The van der Waals surface area contributed by atoms with Crippen molar-refractivity contribution in [3.63, 3.8) is 0 Å².